The molecule has 166 valence electrons. The largest absolute Gasteiger partial charge is 0.465 e. The van der Waals surface area contributed by atoms with Crippen molar-refractivity contribution in [1.29, 1.82) is 0 Å². The topological polar surface area (TPSA) is 70.4 Å². The number of carboxylic acid groups (broad SMARTS) is 1. The molecular formula is C24H31FN4O2. The average molecular weight is 427 g/mol. The fourth-order valence-corrected chi connectivity index (χ4v) is 3.73. The molecule has 0 fully saturated rings. The van der Waals surface area contributed by atoms with Gasteiger partial charge in [-0.1, -0.05) is 32.6 Å². The third kappa shape index (κ3) is 6.20. The summed E-state index contributed by atoms with van der Waals surface area (Å²) in [4.78, 5) is 17.0. The molecule has 0 spiro atoms. The van der Waals surface area contributed by atoms with Gasteiger partial charge < -0.3 is 10.5 Å². The summed E-state index contributed by atoms with van der Waals surface area (Å²) in [6.07, 6.45) is 10.7. The number of unbranched alkanes of at least 4 members (excludes halogenated alkanes) is 4. The number of benzene rings is 1. The summed E-state index contributed by atoms with van der Waals surface area (Å²) in [5.74, 6) is -0.269. The van der Waals surface area contributed by atoms with Gasteiger partial charge in [0.25, 0.3) is 0 Å². The molecule has 6 nitrogen and oxygen atoms in total. The number of halogens is 1. The Morgan fingerprint density at radius 3 is 2.77 bits per heavy atom. The van der Waals surface area contributed by atoms with Crippen molar-refractivity contribution >= 4 is 22.7 Å². The van der Waals surface area contributed by atoms with Crippen molar-refractivity contribution in [2.45, 2.75) is 51.9 Å². The fourth-order valence-electron chi connectivity index (χ4n) is 3.73. The summed E-state index contributed by atoms with van der Waals surface area (Å²) in [5, 5.41) is 10.6. The third-order valence-electron chi connectivity index (χ3n) is 5.46. The number of aromatic nitrogens is 2. The Morgan fingerprint density at radius 2 is 2.00 bits per heavy atom. The zero-order valence-corrected chi connectivity index (χ0v) is 18.1. The Kier molecular flexibility index (Phi) is 8.27. The van der Waals surface area contributed by atoms with E-state index < -0.39 is 6.09 Å². The fraction of sp³-hybridized carbons (Fsp3) is 0.417. The van der Waals surface area contributed by atoms with Gasteiger partial charge in [0.2, 0.25) is 0 Å². The van der Waals surface area contributed by atoms with Crippen molar-refractivity contribution in [1.82, 2.24) is 9.66 Å². The Morgan fingerprint density at radius 1 is 1.16 bits per heavy atom. The monoisotopic (exact) mass is 426 g/mol. The quantitative estimate of drug-likeness (QED) is 0.359. The molecule has 0 aliphatic rings. The molecule has 0 radical (unpaired) electrons. The smallest absolute Gasteiger partial charge is 0.411 e. The predicted octanol–water partition coefficient (Wildman–Crippen LogP) is 5.81. The molecule has 0 bridgehead atoms. The van der Waals surface area contributed by atoms with Crippen LogP contribution >= 0.6 is 0 Å². The van der Waals surface area contributed by atoms with E-state index in [1.807, 2.05) is 35.1 Å². The highest BCUT2D eigenvalue weighted by molar-refractivity contribution is 5.91. The maximum Gasteiger partial charge on any atom is 0.411 e. The number of carbonyl (C=O) groups is 1. The van der Waals surface area contributed by atoms with E-state index in [1.54, 1.807) is 12.3 Å². The van der Waals surface area contributed by atoms with E-state index in [0.717, 1.165) is 36.6 Å². The first-order valence-corrected chi connectivity index (χ1v) is 11.0. The standard InChI is InChI=1S/C24H31FN4O2/c1-2-3-4-5-6-15-28(24(30)31)21-9-10-23-20(17-21)12-16-29(23)27-13-7-8-19-11-14-26-18-22(19)25/h9-12,14,16-18,27H,2-8,13,15H2,1H3,(H,30,31). The highest BCUT2D eigenvalue weighted by Crippen LogP contribution is 2.23. The second kappa shape index (κ2) is 11.3. The van der Waals surface area contributed by atoms with Gasteiger partial charge in [-0.25, -0.2) is 9.18 Å². The van der Waals surface area contributed by atoms with E-state index in [9.17, 15) is 14.3 Å². The Balaban J connectivity index is 1.58. The van der Waals surface area contributed by atoms with Crippen LogP contribution in [0.2, 0.25) is 0 Å². The van der Waals surface area contributed by atoms with Crippen molar-refractivity contribution in [3.05, 3.63) is 60.3 Å². The summed E-state index contributed by atoms with van der Waals surface area (Å²) in [6.45, 7) is 3.36. The minimum Gasteiger partial charge on any atom is -0.465 e. The number of hydrogen-bond acceptors (Lipinski definition) is 3. The van der Waals surface area contributed by atoms with Gasteiger partial charge in [0.1, 0.15) is 5.82 Å². The van der Waals surface area contributed by atoms with Crippen LogP contribution in [0.1, 0.15) is 51.0 Å². The number of anilines is 1. The number of rotatable bonds is 12. The number of amides is 1. The van der Waals surface area contributed by atoms with Gasteiger partial charge in [-0.15, -0.1) is 0 Å². The molecule has 31 heavy (non-hydrogen) atoms. The van der Waals surface area contributed by atoms with Crippen molar-refractivity contribution in [2.24, 2.45) is 0 Å². The number of aryl methyl sites for hydroxylation is 1. The van der Waals surface area contributed by atoms with Crippen LogP contribution in [0.3, 0.4) is 0 Å². The molecule has 7 heteroatoms. The maximum atomic E-state index is 13.7. The summed E-state index contributed by atoms with van der Waals surface area (Å²) < 4.78 is 15.6. The number of fused-ring (bicyclic) bond motifs is 1. The van der Waals surface area contributed by atoms with Crippen LogP contribution in [0.15, 0.2) is 48.9 Å². The summed E-state index contributed by atoms with van der Waals surface area (Å²) in [5.41, 5.74) is 5.67. The summed E-state index contributed by atoms with van der Waals surface area (Å²) in [7, 11) is 0. The molecule has 3 rings (SSSR count). The number of nitrogens with one attached hydrogen (secondary N) is 1. The molecule has 0 saturated heterocycles. The lowest BCUT2D eigenvalue weighted by Gasteiger charge is -2.19. The van der Waals surface area contributed by atoms with Crippen LogP contribution in [0.4, 0.5) is 14.9 Å². The zero-order valence-electron chi connectivity index (χ0n) is 18.1. The van der Waals surface area contributed by atoms with Gasteiger partial charge in [-0.05, 0) is 55.2 Å². The molecule has 0 unspecified atom stereocenters. The van der Waals surface area contributed by atoms with Crippen LogP contribution in [-0.2, 0) is 6.42 Å². The number of pyridine rings is 1. The third-order valence-corrected chi connectivity index (χ3v) is 5.46. The molecule has 0 aliphatic carbocycles. The van der Waals surface area contributed by atoms with Crippen molar-refractivity contribution < 1.29 is 14.3 Å². The average Bonchev–Trinajstić information content (AvgIpc) is 3.17. The van der Waals surface area contributed by atoms with E-state index in [1.165, 1.54) is 23.9 Å². The van der Waals surface area contributed by atoms with Crippen molar-refractivity contribution in [3.8, 4) is 0 Å². The Bertz CT molecular complexity index is 989. The normalized spacial score (nSPS) is 11.0. The number of hydrogen-bond donors (Lipinski definition) is 2. The van der Waals surface area contributed by atoms with Crippen LogP contribution < -0.4 is 10.3 Å². The van der Waals surface area contributed by atoms with Gasteiger partial charge in [0, 0.05) is 36.6 Å². The molecule has 2 aromatic heterocycles. The lowest BCUT2D eigenvalue weighted by atomic mass is 10.1. The van der Waals surface area contributed by atoms with Crippen molar-refractivity contribution in [2.75, 3.05) is 23.4 Å². The van der Waals surface area contributed by atoms with E-state index in [2.05, 4.69) is 17.3 Å². The second-order valence-electron chi connectivity index (χ2n) is 7.76. The van der Waals surface area contributed by atoms with Crippen molar-refractivity contribution in [3.63, 3.8) is 0 Å². The molecule has 0 aliphatic heterocycles. The van der Waals surface area contributed by atoms with E-state index >= 15 is 0 Å². The molecular weight excluding hydrogens is 395 g/mol. The van der Waals surface area contributed by atoms with Crippen LogP contribution in [0, 0.1) is 5.82 Å². The summed E-state index contributed by atoms with van der Waals surface area (Å²) in [6, 6.07) is 9.38. The minimum atomic E-state index is -0.921. The Labute approximate surface area is 182 Å². The van der Waals surface area contributed by atoms with Gasteiger partial charge in [-0.3, -0.25) is 14.6 Å². The second-order valence-corrected chi connectivity index (χ2v) is 7.76. The molecule has 1 amide bonds. The summed E-state index contributed by atoms with van der Waals surface area (Å²) >= 11 is 0. The van der Waals surface area contributed by atoms with E-state index in [0.29, 0.717) is 30.8 Å². The van der Waals surface area contributed by atoms with Gasteiger partial charge in [0.15, 0.2) is 0 Å². The highest BCUT2D eigenvalue weighted by Gasteiger charge is 2.15. The van der Waals surface area contributed by atoms with Crippen LogP contribution in [-0.4, -0.2) is 33.9 Å². The lowest BCUT2D eigenvalue weighted by Crippen LogP contribution is -2.30. The zero-order chi connectivity index (χ0) is 22.1. The molecule has 3 aromatic rings. The van der Waals surface area contributed by atoms with E-state index in [-0.39, 0.29) is 5.82 Å². The van der Waals surface area contributed by atoms with Crippen LogP contribution in [0.5, 0.6) is 0 Å². The predicted molar refractivity (Wildman–Crippen MR) is 123 cm³/mol. The molecule has 2 N–H and O–H groups in total. The first-order chi connectivity index (χ1) is 15.1. The first kappa shape index (κ1) is 22.6. The van der Waals surface area contributed by atoms with Crippen LogP contribution in [0.25, 0.3) is 10.9 Å². The first-order valence-electron chi connectivity index (χ1n) is 11.0. The molecule has 0 saturated carbocycles. The van der Waals surface area contributed by atoms with Gasteiger partial charge in [-0.2, -0.15) is 0 Å². The minimum absolute atomic E-state index is 0.269. The maximum absolute atomic E-state index is 13.7. The molecule has 0 atom stereocenters. The SMILES string of the molecule is CCCCCCCN(C(=O)O)c1ccc2c(ccn2NCCCc2ccncc2F)c1. The number of nitrogens with zero attached hydrogens (tertiary/aromatic N) is 3. The van der Waals surface area contributed by atoms with Gasteiger partial charge in [0.05, 0.1) is 11.7 Å². The molecule has 1 aromatic carbocycles. The van der Waals surface area contributed by atoms with E-state index in [4.69, 9.17) is 0 Å². The lowest BCUT2D eigenvalue weighted by molar-refractivity contribution is 0.201. The van der Waals surface area contributed by atoms with Gasteiger partial charge >= 0.3 is 6.09 Å². The molecule has 2 heterocycles. The highest BCUT2D eigenvalue weighted by atomic mass is 19.1. The Hall–Kier alpha value is -3.09.